The van der Waals surface area contributed by atoms with Crippen molar-refractivity contribution in [1.29, 1.82) is 0 Å². The first-order valence-corrected chi connectivity index (χ1v) is 9.06. The molecule has 0 saturated carbocycles. The van der Waals surface area contributed by atoms with E-state index in [1.165, 1.54) is 5.56 Å². The van der Waals surface area contributed by atoms with Gasteiger partial charge in [0.15, 0.2) is 0 Å². The Labute approximate surface area is 150 Å². The number of fused-ring (bicyclic) bond motifs is 1. The average molecular weight is 386 g/mol. The number of para-hydroxylation sites is 2. The normalized spacial score (nSPS) is 20.3. The maximum Gasteiger partial charge on any atom is 0.127 e. The molecule has 1 fully saturated rings. The van der Waals surface area contributed by atoms with Crippen molar-refractivity contribution >= 4 is 33.1 Å². The van der Waals surface area contributed by atoms with E-state index in [0.717, 1.165) is 47.7 Å². The fourth-order valence-corrected chi connectivity index (χ4v) is 3.79. The van der Waals surface area contributed by atoms with E-state index < -0.39 is 0 Å². The van der Waals surface area contributed by atoms with E-state index in [-0.39, 0.29) is 5.54 Å². The van der Waals surface area contributed by atoms with Crippen LogP contribution in [0.2, 0.25) is 0 Å². The van der Waals surface area contributed by atoms with Gasteiger partial charge in [0.1, 0.15) is 5.84 Å². The summed E-state index contributed by atoms with van der Waals surface area (Å²) >= 11 is 3.53. The Morgan fingerprint density at radius 1 is 1.04 bits per heavy atom. The fraction of sp³-hybridized carbons (Fsp3) is 0.316. The first-order valence-electron chi connectivity index (χ1n) is 8.27. The Bertz CT molecular complexity index is 769. The number of hydrogen-bond donors (Lipinski definition) is 2. The van der Waals surface area contributed by atoms with E-state index in [9.17, 15) is 0 Å². The highest BCUT2D eigenvalue weighted by Gasteiger charge is 2.41. The van der Waals surface area contributed by atoms with Gasteiger partial charge in [0.05, 0.1) is 23.5 Å². The lowest BCUT2D eigenvalue weighted by molar-refractivity contribution is 0.0778. The summed E-state index contributed by atoms with van der Waals surface area (Å²) in [5.41, 5.74) is 3.27. The van der Waals surface area contributed by atoms with Crippen molar-refractivity contribution in [1.82, 2.24) is 0 Å². The molecule has 2 aromatic carbocycles. The number of amidine groups is 1. The number of halogens is 1. The molecule has 0 bridgehead atoms. The number of anilines is 2. The van der Waals surface area contributed by atoms with Crippen LogP contribution in [0.15, 0.2) is 58.0 Å². The smallest absolute Gasteiger partial charge is 0.127 e. The minimum Gasteiger partial charge on any atom is -0.381 e. The second-order valence-electron chi connectivity index (χ2n) is 6.28. The van der Waals surface area contributed by atoms with Crippen LogP contribution in [0.1, 0.15) is 18.4 Å². The molecule has 0 aromatic heterocycles. The average Bonchev–Trinajstić information content (AvgIpc) is 2.61. The standard InChI is InChI=1S/C19H20BrN3O/c20-15-5-3-4-14(12-15)13-21-18-19(8-10-24-11-9-19)23-17-7-2-1-6-16(17)22-18/h1-7,12,23H,8-11,13H2,(H,21,22). The van der Waals surface area contributed by atoms with Crippen molar-refractivity contribution in [2.45, 2.75) is 24.9 Å². The lowest BCUT2D eigenvalue weighted by atomic mass is 9.86. The SMILES string of the molecule is Brc1cccc(CN=C2Nc3ccccc3NC23CCOCC3)c1. The second-order valence-corrected chi connectivity index (χ2v) is 7.20. The molecular weight excluding hydrogens is 366 g/mol. The van der Waals surface area contributed by atoms with Gasteiger partial charge in [-0.05, 0) is 29.8 Å². The van der Waals surface area contributed by atoms with Gasteiger partial charge >= 0.3 is 0 Å². The highest BCUT2D eigenvalue weighted by molar-refractivity contribution is 9.10. The Kier molecular flexibility index (Phi) is 4.29. The minimum absolute atomic E-state index is 0.154. The summed E-state index contributed by atoms with van der Waals surface area (Å²) in [7, 11) is 0. The number of rotatable bonds is 2. The third kappa shape index (κ3) is 3.06. The van der Waals surface area contributed by atoms with Gasteiger partial charge in [-0.1, -0.05) is 40.2 Å². The van der Waals surface area contributed by atoms with Gasteiger partial charge in [-0.3, -0.25) is 4.99 Å². The predicted octanol–water partition coefficient (Wildman–Crippen LogP) is 4.43. The summed E-state index contributed by atoms with van der Waals surface area (Å²) in [5.74, 6) is 1.02. The van der Waals surface area contributed by atoms with Gasteiger partial charge in [0, 0.05) is 30.5 Å². The Morgan fingerprint density at radius 2 is 1.83 bits per heavy atom. The van der Waals surface area contributed by atoms with Crippen LogP contribution < -0.4 is 10.6 Å². The molecule has 0 radical (unpaired) electrons. The molecule has 4 rings (SSSR count). The van der Waals surface area contributed by atoms with Crippen molar-refractivity contribution in [2.75, 3.05) is 23.8 Å². The van der Waals surface area contributed by atoms with Crippen molar-refractivity contribution < 1.29 is 4.74 Å². The summed E-state index contributed by atoms with van der Waals surface area (Å²) in [6.45, 7) is 2.17. The molecule has 0 unspecified atom stereocenters. The molecule has 124 valence electrons. The summed E-state index contributed by atoms with van der Waals surface area (Å²) in [6, 6.07) is 16.6. The summed E-state index contributed by atoms with van der Waals surface area (Å²) in [4.78, 5) is 4.94. The zero-order valence-electron chi connectivity index (χ0n) is 13.4. The lowest BCUT2D eigenvalue weighted by Gasteiger charge is -2.43. The molecule has 2 aromatic rings. The maximum absolute atomic E-state index is 5.58. The van der Waals surface area contributed by atoms with E-state index in [1.54, 1.807) is 0 Å². The zero-order chi connectivity index (χ0) is 16.4. The van der Waals surface area contributed by atoms with Crippen LogP contribution in [-0.2, 0) is 11.3 Å². The van der Waals surface area contributed by atoms with Crippen molar-refractivity contribution in [3.8, 4) is 0 Å². The molecule has 0 atom stereocenters. The van der Waals surface area contributed by atoms with Gasteiger partial charge in [0.25, 0.3) is 0 Å². The van der Waals surface area contributed by atoms with Crippen molar-refractivity contribution in [3.63, 3.8) is 0 Å². The van der Waals surface area contributed by atoms with Crippen molar-refractivity contribution in [2.24, 2.45) is 4.99 Å². The van der Waals surface area contributed by atoms with Crippen LogP contribution in [0.3, 0.4) is 0 Å². The quantitative estimate of drug-likeness (QED) is 0.803. The van der Waals surface area contributed by atoms with E-state index in [1.807, 2.05) is 18.2 Å². The number of benzene rings is 2. The second kappa shape index (κ2) is 6.57. The highest BCUT2D eigenvalue weighted by atomic mass is 79.9. The number of ether oxygens (including phenoxy) is 1. The van der Waals surface area contributed by atoms with Gasteiger partial charge in [0.2, 0.25) is 0 Å². The molecule has 1 saturated heterocycles. The molecule has 4 nitrogen and oxygen atoms in total. The molecule has 5 heteroatoms. The molecule has 2 aliphatic rings. The van der Waals surface area contributed by atoms with Crippen LogP contribution in [0, 0.1) is 0 Å². The fourth-order valence-electron chi connectivity index (χ4n) is 3.34. The number of aliphatic imine (C=N–C) groups is 1. The van der Waals surface area contributed by atoms with Crippen molar-refractivity contribution in [3.05, 3.63) is 58.6 Å². The number of nitrogens with one attached hydrogen (secondary N) is 2. The van der Waals surface area contributed by atoms with E-state index in [2.05, 4.69) is 56.9 Å². The molecule has 24 heavy (non-hydrogen) atoms. The van der Waals surface area contributed by atoms with Gasteiger partial charge in [-0.2, -0.15) is 0 Å². The highest BCUT2D eigenvalue weighted by Crippen LogP contribution is 2.36. The van der Waals surface area contributed by atoms with Gasteiger partial charge in [-0.25, -0.2) is 0 Å². The lowest BCUT2D eigenvalue weighted by Crippen LogP contribution is -2.55. The molecular formula is C19H20BrN3O. The van der Waals surface area contributed by atoms with E-state index in [0.29, 0.717) is 6.54 Å². The Morgan fingerprint density at radius 3 is 2.62 bits per heavy atom. The van der Waals surface area contributed by atoms with Crippen LogP contribution in [0.25, 0.3) is 0 Å². The van der Waals surface area contributed by atoms with E-state index >= 15 is 0 Å². The first kappa shape index (κ1) is 15.7. The zero-order valence-corrected chi connectivity index (χ0v) is 15.0. The largest absolute Gasteiger partial charge is 0.381 e. The molecule has 2 N–H and O–H groups in total. The van der Waals surface area contributed by atoms with Gasteiger partial charge < -0.3 is 15.4 Å². The molecule has 2 heterocycles. The third-order valence-electron chi connectivity index (χ3n) is 4.66. The maximum atomic E-state index is 5.58. The van der Waals surface area contributed by atoms with Crippen LogP contribution >= 0.6 is 15.9 Å². The monoisotopic (exact) mass is 385 g/mol. The minimum atomic E-state index is -0.154. The number of nitrogens with zero attached hydrogens (tertiary/aromatic N) is 1. The Hall–Kier alpha value is -1.85. The molecule has 1 spiro atoms. The summed E-state index contributed by atoms with van der Waals surface area (Å²) < 4.78 is 6.67. The Balaban J connectivity index is 1.66. The van der Waals surface area contributed by atoms with E-state index in [4.69, 9.17) is 9.73 Å². The van der Waals surface area contributed by atoms with Gasteiger partial charge in [-0.15, -0.1) is 0 Å². The molecule has 2 aliphatic heterocycles. The van der Waals surface area contributed by atoms with Crippen LogP contribution in [-0.4, -0.2) is 24.6 Å². The third-order valence-corrected chi connectivity index (χ3v) is 5.16. The predicted molar refractivity (Wildman–Crippen MR) is 102 cm³/mol. The van der Waals surface area contributed by atoms with Crippen LogP contribution in [0.4, 0.5) is 11.4 Å². The molecule has 0 aliphatic carbocycles. The first-order chi connectivity index (χ1) is 11.8. The van der Waals surface area contributed by atoms with Crippen LogP contribution in [0.5, 0.6) is 0 Å². The topological polar surface area (TPSA) is 45.7 Å². The summed E-state index contributed by atoms with van der Waals surface area (Å²) in [6.07, 6.45) is 1.84. The molecule has 0 amide bonds. The summed E-state index contributed by atoms with van der Waals surface area (Å²) in [5, 5.41) is 7.29. The number of hydrogen-bond acceptors (Lipinski definition) is 3.